The van der Waals surface area contributed by atoms with Crippen molar-refractivity contribution in [3.05, 3.63) is 0 Å². The maximum absolute atomic E-state index is 5.92. The van der Waals surface area contributed by atoms with Crippen molar-refractivity contribution in [2.45, 2.75) is 45.3 Å². The van der Waals surface area contributed by atoms with Gasteiger partial charge in [0.2, 0.25) is 0 Å². The summed E-state index contributed by atoms with van der Waals surface area (Å²) in [6.45, 7) is 11.5. The minimum atomic E-state index is 0.404. The molecule has 1 aliphatic heterocycles. The predicted octanol–water partition coefficient (Wildman–Crippen LogP) is 2.82. The molecule has 3 heteroatoms. The molecule has 0 saturated carbocycles. The molecule has 1 atom stereocenters. The van der Waals surface area contributed by atoms with E-state index in [2.05, 4.69) is 31.9 Å². The van der Waals surface area contributed by atoms with E-state index in [4.69, 9.17) is 5.73 Å². The van der Waals surface area contributed by atoms with Crippen LogP contribution in [0.25, 0.3) is 0 Å². The summed E-state index contributed by atoms with van der Waals surface area (Å²) in [5.74, 6) is 0.667. The first-order chi connectivity index (χ1) is 7.94. The third-order valence-electron chi connectivity index (χ3n) is 3.62. The van der Waals surface area contributed by atoms with Gasteiger partial charge >= 0.3 is 0 Å². The van der Waals surface area contributed by atoms with Crippen molar-refractivity contribution >= 4 is 11.8 Å². The molecule has 1 aliphatic rings. The highest BCUT2D eigenvalue weighted by molar-refractivity contribution is 7.99. The topological polar surface area (TPSA) is 29.3 Å². The quantitative estimate of drug-likeness (QED) is 0.822. The Kier molecular flexibility index (Phi) is 6.32. The molecule has 102 valence electrons. The summed E-state index contributed by atoms with van der Waals surface area (Å²) in [5, 5.41) is 0.894. The average Bonchev–Trinajstić information content (AvgIpc) is 2.27. The molecule has 0 radical (unpaired) electrons. The minimum absolute atomic E-state index is 0.404. The molecular weight excluding hydrogens is 228 g/mol. The smallest absolute Gasteiger partial charge is 0.00685 e. The van der Waals surface area contributed by atoms with Crippen LogP contribution in [0.15, 0.2) is 0 Å². The van der Waals surface area contributed by atoms with Crippen LogP contribution in [-0.4, -0.2) is 42.6 Å². The SMILES string of the molecule is CSC1CCN(CC(CN)CC(C)(C)C)CC1. The molecule has 0 aromatic heterocycles. The predicted molar refractivity (Wildman–Crippen MR) is 79.6 cm³/mol. The molecular formula is C14H30N2S. The fraction of sp³-hybridized carbons (Fsp3) is 1.00. The van der Waals surface area contributed by atoms with Crippen molar-refractivity contribution in [3.8, 4) is 0 Å². The van der Waals surface area contributed by atoms with Crippen molar-refractivity contribution in [2.24, 2.45) is 17.1 Å². The molecule has 0 aromatic rings. The van der Waals surface area contributed by atoms with Crippen LogP contribution in [0.4, 0.5) is 0 Å². The van der Waals surface area contributed by atoms with Gasteiger partial charge in [0.15, 0.2) is 0 Å². The van der Waals surface area contributed by atoms with E-state index in [0.717, 1.165) is 11.8 Å². The van der Waals surface area contributed by atoms with Crippen LogP contribution in [0.1, 0.15) is 40.0 Å². The first kappa shape index (κ1) is 15.3. The number of hydrogen-bond acceptors (Lipinski definition) is 3. The van der Waals surface area contributed by atoms with Crippen LogP contribution < -0.4 is 5.73 Å². The fourth-order valence-corrected chi connectivity index (χ4v) is 3.46. The molecule has 0 amide bonds. The van der Waals surface area contributed by atoms with Gasteiger partial charge in [0.05, 0.1) is 0 Å². The molecule has 1 fully saturated rings. The average molecular weight is 258 g/mol. The van der Waals surface area contributed by atoms with Crippen LogP contribution in [0.2, 0.25) is 0 Å². The Labute approximate surface area is 112 Å². The zero-order chi connectivity index (χ0) is 12.9. The number of nitrogens with zero attached hydrogens (tertiary/aromatic N) is 1. The second-order valence-corrected chi connectivity index (χ2v) is 7.74. The maximum Gasteiger partial charge on any atom is 0.00685 e. The van der Waals surface area contributed by atoms with Crippen LogP contribution in [0, 0.1) is 11.3 Å². The standard InChI is InChI=1S/C14H30N2S/c1-14(2,3)9-12(10-15)11-16-7-5-13(17-4)6-8-16/h12-13H,5-11,15H2,1-4H3. The lowest BCUT2D eigenvalue weighted by atomic mass is 9.84. The van der Waals surface area contributed by atoms with E-state index < -0.39 is 0 Å². The molecule has 1 rings (SSSR count). The number of piperidine rings is 1. The van der Waals surface area contributed by atoms with Crippen LogP contribution in [0.5, 0.6) is 0 Å². The van der Waals surface area contributed by atoms with Crippen molar-refractivity contribution in [3.63, 3.8) is 0 Å². The molecule has 1 unspecified atom stereocenters. The summed E-state index contributed by atoms with van der Waals surface area (Å²) in [5.41, 5.74) is 6.32. The van der Waals surface area contributed by atoms with E-state index in [1.54, 1.807) is 0 Å². The maximum atomic E-state index is 5.92. The van der Waals surface area contributed by atoms with E-state index in [1.807, 2.05) is 11.8 Å². The van der Waals surface area contributed by atoms with Gasteiger partial charge in [-0.1, -0.05) is 20.8 Å². The highest BCUT2D eigenvalue weighted by Crippen LogP contribution is 2.26. The lowest BCUT2D eigenvalue weighted by Crippen LogP contribution is -2.40. The van der Waals surface area contributed by atoms with Gasteiger partial charge in [-0.15, -0.1) is 0 Å². The molecule has 2 nitrogen and oxygen atoms in total. The van der Waals surface area contributed by atoms with E-state index in [1.165, 1.54) is 38.9 Å². The zero-order valence-electron chi connectivity index (χ0n) is 12.0. The summed E-state index contributed by atoms with van der Waals surface area (Å²) >= 11 is 2.03. The zero-order valence-corrected chi connectivity index (χ0v) is 12.9. The molecule has 1 saturated heterocycles. The van der Waals surface area contributed by atoms with Gasteiger partial charge in [-0.2, -0.15) is 11.8 Å². The monoisotopic (exact) mass is 258 g/mol. The van der Waals surface area contributed by atoms with E-state index in [9.17, 15) is 0 Å². The van der Waals surface area contributed by atoms with Crippen LogP contribution in [-0.2, 0) is 0 Å². The number of rotatable bonds is 5. The largest absolute Gasteiger partial charge is 0.330 e. The second-order valence-electron chi connectivity index (χ2n) is 6.60. The highest BCUT2D eigenvalue weighted by Gasteiger charge is 2.23. The Hall–Kier alpha value is 0.270. The van der Waals surface area contributed by atoms with Gasteiger partial charge in [0.25, 0.3) is 0 Å². The van der Waals surface area contributed by atoms with Gasteiger partial charge in [-0.05, 0) is 56.5 Å². The van der Waals surface area contributed by atoms with Crippen molar-refractivity contribution in [1.82, 2.24) is 4.90 Å². The number of hydrogen-bond donors (Lipinski definition) is 1. The molecule has 0 bridgehead atoms. The van der Waals surface area contributed by atoms with Gasteiger partial charge in [-0.25, -0.2) is 0 Å². The van der Waals surface area contributed by atoms with Crippen molar-refractivity contribution in [2.75, 3.05) is 32.4 Å². The molecule has 17 heavy (non-hydrogen) atoms. The Morgan fingerprint density at radius 2 is 1.88 bits per heavy atom. The van der Waals surface area contributed by atoms with Crippen LogP contribution in [0.3, 0.4) is 0 Å². The summed E-state index contributed by atoms with van der Waals surface area (Å²) in [6.07, 6.45) is 6.19. The molecule has 0 aliphatic carbocycles. The summed E-state index contributed by atoms with van der Waals surface area (Å²) in [4.78, 5) is 2.62. The normalized spacial score (nSPS) is 21.7. The van der Waals surface area contributed by atoms with Crippen molar-refractivity contribution < 1.29 is 0 Å². The van der Waals surface area contributed by atoms with Gasteiger partial charge < -0.3 is 10.6 Å². The second kappa shape index (κ2) is 7.01. The van der Waals surface area contributed by atoms with E-state index >= 15 is 0 Å². The summed E-state index contributed by atoms with van der Waals surface area (Å²) < 4.78 is 0. The number of nitrogens with two attached hydrogens (primary N) is 1. The molecule has 2 N–H and O–H groups in total. The minimum Gasteiger partial charge on any atom is -0.330 e. The Morgan fingerprint density at radius 1 is 1.29 bits per heavy atom. The Bertz CT molecular complexity index is 205. The van der Waals surface area contributed by atoms with Crippen LogP contribution >= 0.6 is 11.8 Å². The number of thioether (sulfide) groups is 1. The lowest BCUT2D eigenvalue weighted by Gasteiger charge is -2.35. The van der Waals surface area contributed by atoms with E-state index in [-0.39, 0.29) is 0 Å². The van der Waals surface area contributed by atoms with Gasteiger partial charge in [0.1, 0.15) is 0 Å². The number of likely N-dealkylation sites (tertiary alicyclic amines) is 1. The third kappa shape index (κ3) is 6.12. The lowest BCUT2D eigenvalue weighted by molar-refractivity contribution is 0.173. The molecule has 0 spiro atoms. The van der Waals surface area contributed by atoms with Crippen molar-refractivity contribution in [1.29, 1.82) is 0 Å². The highest BCUT2D eigenvalue weighted by atomic mass is 32.2. The fourth-order valence-electron chi connectivity index (χ4n) is 2.78. The Balaban J connectivity index is 2.32. The first-order valence-corrected chi connectivity index (χ1v) is 8.18. The third-order valence-corrected chi connectivity index (χ3v) is 4.76. The first-order valence-electron chi connectivity index (χ1n) is 6.90. The van der Waals surface area contributed by atoms with E-state index in [0.29, 0.717) is 11.3 Å². The summed E-state index contributed by atoms with van der Waals surface area (Å²) in [7, 11) is 0. The summed E-state index contributed by atoms with van der Waals surface area (Å²) in [6, 6.07) is 0. The van der Waals surface area contributed by atoms with Gasteiger partial charge in [-0.3, -0.25) is 0 Å². The molecule has 1 heterocycles. The van der Waals surface area contributed by atoms with Gasteiger partial charge in [0, 0.05) is 11.8 Å². The molecule has 0 aromatic carbocycles. The Morgan fingerprint density at radius 3 is 2.29 bits per heavy atom.